The summed E-state index contributed by atoms with van der Waals surface area (Å²) in [7, 11) is 0. The first kappa shape index (κ1) is 590. The third-order valence-corrected chi connectivity index (χ3v) is 0. The summed E-state index contributed by atoms with van der Waals surface area (Å²) in [6.45, 7) is 0. The van der Waals surface area contributed by atoms with Crippen LogP contribution in [0.4, 0.5) is 0 Å². The zero-order valence-corrected chi connectivity index (χ0v) is 6.14. The maximum absolute atomic E-state index is 0. The fourth-order valence-electron chi connectivity index (χ4n) is 0. The van der Waals surface area contributed by atoms with Crippen molar-refractivity contribution < 1.29 is 48.4 Å². The molecule has 0 fully saturated rings. The molecule has 0 saturated carbocycles. The molecule has 5 nitrogen and oxygen atoms in total. The molecule has 7 heteroatoms. The molecule has 0 saturated heterocycles. The zero-order chi connectivity index (χ0) is 0. The topological polar surface area (TPSA) is 158 Å². The summed E-state index contributed by atoms with van der Waals surface area (Å²) < 4.78 is 0. The normalized spacial score (nSPS) is 0. The molecule has 54 valence electrons. The second kappa shape index (κ2) is 374. The average molecular weight is 222 g/mol. The van der Waals surface area contributed by atoms with Gasteiger partial charge in [-0.25, -0.2) is 0 Å². The molecule has 0 aliphatic rings. The van der Waals surface area contributed by atoms with E-state index in [0.717, 1.165) is 0 Å². The van der Waals surface area contributed by atoms with Crippen molar-refractivity contribution in [1.82, 2.24) is 0 Å². The van der Waals surface area contributed by atoms with Crippen molar-refractivity contribution in [3.63, 3.8) is 0 Å². The SMILES string of the molecule is Cl.O.O.O.O.O.[Mo]. The van der Waals surface area contributed by atoms with E-state index < -0.39 is 0 Å². The summed E-state index contributed by atoms with van der Waals surface area (Å²) in [6.07, 6.45) is 0. The molecule has 0 aromatic heterocycles. The van der Waals surface area contributed by atoms with E-state index in [4.69, 9.17) is 0 Å². The molecule has 0 atom stereocenters. The molecule has 0 amide bonds. The Balaban J connectivity index is 0. The molecule has 0 aliphatic carbocycles. The minimum Gasteiger partial charge on any atom is -0.412 e. The molecule has 0 heterocycles. The zero-order valence-electron chi connectivity index (χ0n) is 3.32. The maximum Gasteiger partial charge on any atom is 0 e. The summed E-state index contributed by atoms with van der Waals surface area (Å²) in [5, 5.41) is 0. The van der Waals surface area contributed by atoms with E-state index in [0.29, 0.717) is 0 Å². The molecule has 0 aromatic carbocycles. The molecule has 10 N–H and O–H groups in total. The Morgan fingerprint density at radius 2 is 0.429 bits per heavy atom. The first-order chi connectivity index (χ1) is 0. The first-order valence-corrected chi connectivity index (χ1v) is 0. The minimum absolute atomic E-state index is 0. The van der Waals surface area contributed by atoms with Gasteiger partial charge in [0.1, 0.15) is 0 Å². The summed E-state index contributed by atoms with van der Waals surface area (Å²) in [5.41, 5.74) is 0. The molecule has 0 aliphatic heterocycles. The quantitative estimate of drug-likeness (QED) is 0.370. The van der Waals surface area contributed by atoms with Crippen molar-refractivity contribution in [3.8, 4) is 0 Å². The van der Waals surface area contributed by atoms with Crippen LogP contribution in [0.2, 0.25) is 0 Å². The largest absolute Gasteiger partial charge is 0.412 e. The molecular weight excluding hydrogens is 211 g/mol. The van der Waals surface area contributed by atoms with Crippen molar-refractivity contribution in [1.29, 1.82) is 0 Å². The van der Waals surface area contributed by atoms with Crippen LogP contribution in [0.1, 0.15) is 0 Å². The van der Waals surface area contributed by atoms with Crippen LogP contribution >= 0.6 is 12.4 Å². The van der Waals surface area contributed by atoms with Gasteiger partial charge < -0.3 is 27.4 Å². The van der Waals surface area contributed by atoms with Crippen LogP contribution in [0.25, 0.3) is 0 Å². The fraction of sp³-hybridized carbons (Fsp3) is 0. The van der Waals surface area contributed by atoms with Gasteiger partial charge in [-0.1, -0.05) is 0 Å². The Bertz CT molecular complexity index is 8.04. The van der Waals surface area contributed by atoms with Crippen LogP contribution in [0.5, 0.6) is 0 Å². The summed E-state index contributed by atoms with van der Waals surface area (Å²) in [6, 6.07) is 0. The Morgan fingerprint density at radius 1 is 0.429 bits per heavy atom. The van der Waals surface area contributed by atoms with Gasteiger partial charge in [-0.2, -0.15) is 0 Å². The van der Waals surface area contributed by atoms with E-state index in [2.05, 4.69) is 0 Å². The maximum atomic E-state index is 0. The number of halogens is 1. The Labute approximate surface area is 61.3 Å². The van der Waals surface area contributed by atoms with Crippen LogP contribution in [-0.4, -0.2) is 27.4 Å². The van der Waals surface area contributed by atoms with Crippen LogP contribution in [0, 0.1) is 0 Å². The van der Waals surface area contributed by atoms with Gasteiger partial charge >= 0.3 is 0 Å². The first-order valence-electron chi connectivity index (χ1n) is 0. The third kappa shape index (κ3) is 255. The predicted octanol–water partition coefficient (Wildman–Crippen LogP) is -3.70. The van der Waals surface area contributed by atoms with E-state index in [1.54, 1.807) is 0 Å². The summed E-state index contributed by atoms with van der Waals surface area (Å²) in [4.78, 5) is 0. The molecule has 7 heavy (non-hydrogen) atoms. The standard InChI is InChI=1S/ClH.Mo.5H2O/h1H;;5*1H2. The molecule has 0 unspecified atom stereocenters. The van der Waals surface area contributed by atoms with Gasteiger partial charge in [-0.05, 0) is 0 Å². The third-order valence-electron chi connectivity index (χ3n) is 0. The fourth-order valence-corrected chi connectivity index (χ4v) is 0. The van der Waals surface area contributed by atoms with Gasteiger partial charge in [0, 0.05) is 21.1 Å². The van der Waals surface area contributed by atoms with Gasteiger partial charge in [-0.3, -0.25) is 0 Å². The minimum atomic E-state index is 0. The molecule has 0 aromatic rings. The second-order valence-electron chi connectivity index (χ2n) is 0. The number of hydrogen-bond donors (Lipinski definition) is 0. The van der Waals surface area contributed by atoms with Crippen molar-refractivity contribution in [3.05, 3.63) is 0 Å². The molecular formula is H11ClMoO5. The van der Waals surface area contributed by atoms with E-state index in [9.17, 15) is 0 Å². The second-order valence-corrected chi connectivity index (χ2v) is 0. The monoisotopic (exact) mass is 224 g/mol. The van der Waals surface area contributed by atoms with Crippen LogP contribution in [0.3, 0.4) is 0 Å². The van der Waals surface area contributed by atoms with Gasteiger partial charge in [-0.15, -0.1) is 12.4 Å². The Hall–Kier alpha value is 0.778. The van der Waals surface area contributed by atoms with E-state index in [-0.39, 0.29) is 60.9 Å². The number of hydrogen-bond acceptors (Lipinski definition) is 0. The predicted molar refractivity (Wildman–Crippen MR) is 25.3 cm³/mol. The van der Waals surface area contributed by atoms with E-state index >= 15 is 0 Å². The molecule has 0 rings (SSSR count). The summed E-state index contributed by atoms with van der Waals surface area (Å²) >= 11 is 0. The van der Waals surface area contributed by atoms with Crippen molar-refractivity contribution >= 4 is 12.4 Å². The van der Waals surface area contributed by atoms with Crippen molar-refractivity contribution in [2.24, 2.45) is 0 Å². The summed E-state index contributed by atoms with van der Waals surface area (Å²) in [5.74, 6) is 0. The van der Waals surface area contributed by atoms with Crippen LogP contribution < -0.4 is 0 Å². The number of rotatable bonds is 0. The smallest absolute Gasteiger partial charge is 0 e. The van der Waals surface area contributed by atoms with E-state index in [1.807, 2.05) is 0 Å². The van der Waals surface area contributed by atoms with Gasteiger partial charge in [0.2, 0.25) is 0 Å². The average Bonchev–Trinajstić information content (AvgIpc) is 0. The van der Waals surface area contributed by atoms with Gasteiger partial charge in [0.15, 0.2) is 0 Å². The van der Waals surface area contributed by atoms with Crippen LogP contribution in [0.15, 0.2) is 0 Å². The molecule has 0 spiro atoms. The Morgan fingerprint density at radius 3 is 0.429 bits per heavy atom. The molecule has 0 radical (unpaired) electrons. The van der Waals surface area contributed by atoms with Gasteiger partial charge in [0.25, 0.3) is 0 Å². The van der Waals surface area contributed by atoms with Gasteiger partial charge in [0.05, 0.1) is 0 Å². The van der Waals surface area contributed by atoms with Crippen LogP contribution in [-0.2, 0) is 21.1 Å². The van der Waals surface area contributed by atoms with Crippen molar-refractivity contribution in [2.75, 3.05) is 0 Å². The van der Waals surface area contributed by atoms with Crippen molar-refractivity contribution in [2.45, 2.75) is 0 Å². The molecule has 0 bridgehead atoms. The Kier molecular flexibility index (Phi) is 31500. The van der Waals surface area contributed by atoms with E-state index in [1.165, 1.54) is 0 Å².